The van der Waals surface area contributed by atoms with Crippen LogP contribution in [0.4, 0.5) is 9.93 Å². The van der Waals surface area contributed by atoms with E-state index in [1.807, 2.05) is 0 Å². The lowest BCUT2D eigenvalue weighted by Crippen LogP contribution is -2.17. The van der Waals surface area contributed by atoms with E-state index >= 15 is 0 Å². The summed E-state index contributed by atoms with van der Waals surface area (Å²) in [6, 6.07) is 0. The standard InChI is InChI=1S/C8H12N2O3S/c1-5(2)13-8(12)10-7-9-3-6(4-11)14-7/h3,5,11H,4H2,1-2H3,(H,9,10,12). The number of aromatic nitrogens is 1. The molecule has 0 saturated heterocycles. The van der Waals surface area contributed by atoms with Gasteiger partial charge in [-0.3, -0.25) is 5.32 Å². The van der Waals surface area contributed by atoms with Crippen LogP contribution in [0.25, 0.3) is 0 Å². The van der Waals surface area contributed by atoms with Gasteiger partial charge >= 0.3 is 6.09 Å². The number of carbonyl (C=O) groups is 1. The summed E-state index contributed by atoms with van der Waals surface area (Å²) in [5.41, 5.74) is 0. The molecule has 1 aromatic rings. The van der Waals surface area contributed by atoms with Gasteiger partial charge in [-0.2, -0.15) is 0 Å². The second-order valence-corrected chi connectivity index (χ2v) is 3.98. The van der Waals surface area contributed by atoms with Gasteiger partial charge in [-0.1, -0.05) is 11.3 Å². The molecule has 78 valence electrons. The van der Waals surface area contributed by atoms with Crippen molar-refractivity contribution < 1.29 is 14.6 Å². The van der Waals surface area contributed by atoms with E-state index in [1.54, 1.807) is 13.8 Å². The molecular formula is C8H12N2O3S. The fourth-order valence-electron chi connectivity index (χ4n) is 0.769. The van der Waals surface area contributed by atoms with Gasteiger partial charge in [-0.15, -0.1) is 0 Å². The van der Waals surface area contributed by atoms with Crippen LogP contribution < -0.4 is 5.32 Å². The number of hydrogen-bond donors (Lipinski definition) is 2. The fraction of sp³-hybridized carbons (Fsp3) is 0.500. The predicted molar refractivity (Wildman–Crippen MR) is 53.3 cm³/mol. The molecule has 0 aromatic carbocycles. The lowest BCUT2D eigenvalue weighted by molar-refractivity contribution is 0.130. The van der Waals surface area contributed by atoms with Crippen molar-refractivity contribution in [3.63, 3.8) is 0 Å². The molecule has 0 fully saturated rings. The van der Waals surface area contributed by atoms with E-state index in [-0.39, 0.29) is 12.7 Å². The highest BCUT2D eigenvalue weighted by atomic mass is 32.1. The van der Waals surface area contributed by atoms with E-state index < -0.39 is 6.09 Å². The van der Waals surface area contributed by atoms with Gasteiger partial charge in [0.2, 0.25) is 0 Å². The number of aliphatic hydroxyl groups excluding tert-OH is 1. The van der Waals surface area contributed by atoms with Crippen molar-refractivity contribution in [1.29, 1.82) is 0 Å². The van der Waals surface area contributed by atoms with Crippen LogP contribution in [-0.2, 0) is 11.3 Å². The molecule has 0 aliphatic carbocycles. The highest BCUT2D eigenvalue weighted by molar-refractivity contribution is 7.15. The lowest BCUT2D eigenvalue weighted by Gasteiger charge is -2.06. The molecule has 0 radical (unpaired) electrons. The Balaban J connectivity index is 2.47. The van der Waals surface area contributed by atoms with Crippen molar-refractivity contribution in [3.8, 4) is 0 Å². The van der Waals surface area contributed by atoms with Gasteiger partial charge in [0.25, 0.3) is 0 Å². The van der Waals surface area contributed by atoms with Crippen LogP contribution in [0.3, 0.4) is 0 Å². The second kappa shape index (κ2) is 4.92. The van der Waals surface area contributed by atoms with Gasteiger partial charge in [-0.25, -0.2) is 9.78 Å². The molecule has 1 amide bonds. The number of anilines is 1. The first-order chi connectivity index (χ1) is 6.61. The molecule has 1 rings (SSSR count). The largest absolute Gasteiger partial charge is 0.447 e. The van der Waals surface area contributed by atoms with E-state index in [4.69, 9.17) is 9.84 Å². The number of nitrogens with one attached hydrogen (secondary N) is 1. The molecule has 0 atom stereocenters. The zero-order chi connectivity index (χ0) is 10.6. The van der Waals surface area contributed by atoms with Crippen LogP contribution in [0.2, 0.25) is 0 Å². The summed E-state index contributed by atoms with van der Waals surface area (Å²) in [6.45, 7) is 3.46. The average Bonchev–Trinajstić information content (AvgIpc) is 2.50. The third kappa shape index (κ3) is 3.31. The highest BCUT2D eigenvalue weighted by Gasteiger charge is 2.08. The smallest absolute Gasteiger partial charge is 0.413 e. The molecule has 2 N–H and O–H groups in total. The number of rotatable bonds is 3. The molecule has 1 aromatic heterocycles. The monoisotopic (exact) mass is 216 g/mol. The molecule has 0 aliphatic heterocycles. The van der Waals surface area contributed by atoms with Crippen LogP contribution >= 0.6 is 11.3 Å². The molecular weight excluding hydrogens is 204 g/mol. The summed E-state index contributed by atoms with van der Waals surface area (Å²) in [6.07, 6.45) is 0.821. The van der Waals surface area contributed by atoms with Gasteiger partial charge in [0.15, 0.2) is 5.13 Å². The second-order valence-electron chi connectivity index (χ2n) is 2.87. The number of amides is 1. The summed E-state index contributed by atoms with van der Waals surface area (Å²) < 4.78 is 4.85. The Kier molecular flexibility index (Phi) is 3.84. The van der Waals surface area contributed by atoms with Crippen LogP contribution in [0, 0.1) is 0 Å². The van der Waals surface area contributed by atoms with Crippen LogP contribution in [0.5, 0.6) is 0 Å². The maximum atomic E-state index is 11.1. The van der Waals surface area contributed by atoms with Crippen LogP contribution in [0.1, 0.15) is 18.7 Å². The van der Waals surface area contributed by atoms with Crippen molar-refractivity contribution >= 4 is 22.6 Å². The van der Waals surface area contributed by atoms with E-state index in [0.717, 1.165) is 0 Å². The zero-order valence-electron chi connectivity index (χ0n) is 7.98. The van der Waals surface area contributed by atoms with E-state index in [2.05, 4.69) is 10.3 Å². The van der Waals surface area contributed by atoms with Crippen molar-refractivity contribution in [2.45, 2.75) is 26.6 Å². The lowest BCUT2D eigenvalue weighted by atomic mass is 10.5. The van der Waals surface area contributed by atoms with Crippen molar-refractivity contribution in [2.24, 2.45) is 0 Å². The summed E-state index contributed by atoms with van der Waals surface area (Å²) in [5, 5.41) is 11.7. The minimum atomic E-state index is -0.529. The predicted octanol–water partition coefficient (Wildman–Crippen LogP) is 1.59. The number of nitrogens with zero attached hydrogens (tertiary/aromatic N) is 1. The molecule has 14 heavy (non-hydrogen) atoms. The SMILES string of the molecule is CC(C)OC(=O)Nc1ncc(CO)s1. The number of ether oxygens (including phenoxy) is 1. The maximum absolute atomic E-state index is 11.1. The first-order valence-corrected chi connectivity index (χ1v) is 4.96. The minimum absolute atomic E-state index is 0.0709. The first-order valence-electron chi connectivity index (χ1n) is 4.15. The molecule has 0 spiro atoms. The van der Waals surface area contributed by atoms with Crippen LogP contribution in [0.15, 0.2) is 6.20 Å². The Morgan fingerprint density at radius 1 is 1.79 bits per heavy atom. The van der Waals surface area contributed by atoms with Crippen molar-refractivity contribution in [3.05, 3.63) is 11.1 Å². The first kappa shape index (κ1) is 10.9. The van der Waals surface area contributed by atoms with Gasteiger partial charge in [-0.05, 0) is 13.8 Å². The van der Waals surface area contributed by atoms with E-state index in [9.17, 15) is 4.79 Å². The molecule has 0 saturated carbocycles. The Labute approximate surface area is 85.7 Å². The summed E-state index contributed by atoms with van der Waals surface area (Å²) in [7, 11) is 0. The molecule has 5 nitrogen and oxygen atoms in total. The van der Waals surface area contributed by atoms with E-state index in [0.29, 0.717) is 10.0 Å². The highest BCUT2D eigenvalue weighted by Crippen LogP contribution is 2.17. The van der Waals surface area contributed by atoms with Crippen molar-refractivity contribution in [1.82, 2.24) is 4.98 Å². The average molecular weight is 216 g/mol. The third-order valence-corrected chi connectivity index (χ3v) is 2.16. The van der Waals surface area contributed by atoms with Crippen molar-refractivity contribution in [2.75, 3.05) is 5.32 Å². The van der Waals surface area contributed by atoms with Gasteiger partial charge in [0.05, 0.1) is 17.6 Å². The number of carbonyl (C=O) groups excluding carboxylic acids is 1. The van der Waals surface area contributed by atoms with E-state index in [1.165, 1.54) is 17.5 Å². The summed E-state index contributed by atoms with van der Waals surface area (Å²) in [5.74, 6) is 0. The van der Waals surface area contributed by atoms with Gasteiger partial charge < -0.3 is 9.84 Å². The topological polar surface area (TPSA) is 71.5 Å². The van der Waals surface area contributed by atoms with Gasteiger partial charge in [0.1, 0.15) is 0 Å². The Morgan fingerprint density at radius 2 is 2.50 bits per heavy atom. The Hall–Kier alpha value is -1.14. The molecule has 0 aliphatic rings. The normalized spacial score (nSPS) is 10.3. The summed E-state index contributed by atoms with van der Waals surface area (Å²) >= 11 is 1.22. The molecule has 0 bridgehead atoms. The number of hydrogen-bond acceptors (Lipinski definition) is 5. The molecule has 6 heteroatoms. The number of aliphatic hydroxyl groups is 1. The maximum Gasteiger partial charge on any atom is 0.413 e. The van der Waals surface area contributed by atoms with Crippen LogP contribution in [-0.4, -0.2) is 22.3 Å². The minimum Gasteiger partial charge on any atom is -0.447 e. The Bertz CT molecular complexity index is 311. The fourth-order valence-corrected chi connectivity index (χ4v) is 1.43. The number of thiazole rings is 1. The zero-order valence-corrected chi connectivity index (χ0v) is 8.80. The third-order valence-electron chi connectivity index (χ3n) is 1.26. The van der Waals surface area contributed by atoms with Gasteiger partial charge in [0, 0.05) is 6.20 Å². The Morgan fingerprint density at radius 3 is 3.00 bits per heavy atom. The molecule has 0 unspecified atom stereocenters. The molecule has 1 heterocycles. The summed E-state index contributed by atoms with van der Waals surface area (Å²) in [4.78, 5) is 15.7. The quantitative estimate of drug-likeness (QED) is 0.804.